The van der Waals surface area contributed by atoms with Crippen LogP contribution in [0.1, 0.15) is 24.8 Å². The lowest BCUT2D eigenvalue weighted by Gasteiger charge is -2.12. The Bertz CT molecular complexity index is 780. The van der Waals surface area contributed by atoms with Gasteiger partial charge in [0.05, 0.1) is 16.7 Å². The second-order valence-corrected chi connectivity index (χ2v) is 7.99. The van der Waals surface area contributed by atoms with Gasteiger partial charge in [0.25, 0.3) is 0 Å². The van der Waals surface area contributed by atoms with E-state index in [0.717, 1.165) is 27.3 Å². The zero-order chi connectivity index (χ0) is 16.9. The largest absolute Gasteiger partial charge is 0.348 e. The number of hydrogen-bond acceptors (Lipinski definition) is 6. The minimum absolute atomic E-state index is 0.00391. The van der Waals surface area contributed by atoms with Crippen LogP contribution in [0.15, 0.2) is 40.2 Å². The van der Waals surface area contributed by atoms with Crippen molar-refractivity contribution in [2.45, 2.75) is 31.6 Å². The molecule has 3 rings (SSSR count). The van der Waals surface area contributed by atoms with Crippen molar-refractivity contribution in [1.82, 2.24) is 20.1 Å². The first-order valence-corrected chi connectivity index (χ1v) is 10.4. The molecule has 0 fully saturated rings. The summed E-state index contributed by atoms with van der Waals surface area (Å²) in [7, 11) is 0. The van der Waals surface area contributed by atoms with Crippen LogP contribution in [-0.2, 0) is 11.3 Å². The van der Waals surface area contributed by atoms with Gasteiger partial charge < -0.3 is 9.88 Å². The van der Waals surface area contributed by atoms with Crippen molar-refractivity contribution in [2.75, 3.05) is 5.75 Å². The van der Waals surface area contributed by atoms with E-state index in [0.29, 0.717) is 5.75 Å². The molecule has 0 aromatic carbocycles. The zero-order valence-corrected chi connectivity index (χ0v) is 15.9. The molecular weight excluding hydrogens is 360 g/mol. The van der Waals surface area contributed by atoms with E-state index < -0.39 is 0 Å². The van der Waals surface area contributed by atoms with E-state index in [1.165, 1.54) is 11.8 Å². The summed E-state index contributed by atoms with van der Waals surface area (Å²) in [5.41, 5.74) is 0. The van der Waals surface area contributed by atoms with Gasteiger partial charge in [-0.05, 0) is 36.7 Å². The van der Waals surface area contributed by atoms with Gasteiger partial charge in [-0.15, -0.1) is 32.9 Å². The molecule has 5 nitrogen and oxygen atoms in total. The highest BCUT2D eigenvalue weighted by Crippen LogP contribution is 2.27. The molecule has 126 valence electrons. The van der Waals surface area contributed by atoms with Gasteiger partial charge in [0, 0.05) is 11.4 Å². The fraction of sp³-hybridized carbons (Fsp3) is 0.312. The number of nitrogens with one attached hydrogen (secondary N) is 1. The van der Waals surface area contributed by atoms with Gasteiger partial charge >= 0.3 is 0 Å². The highest BCUT2D eigenvalue weighted by atomic mass is 32.2. The lowest BCUT2D eigenvalue weighted by molar-refractivity contribution is -0.119. The predicted octanol–water partition coefficient (Wildman–Crippen LogP) is 4.06. The van der Waals surface area contributed by atoms with E-state index in [1.54, 1.807) is 22.7 Å². The van der Waals surface area contributed by atoms with Crippen molar-refractivity contribution in [3.05, 3.63) is 39.9 Å². The molecule has 3 aromatic heterocycles. The highest BCUT2D eigenvalue weighted by Gasteiger charge is 2.16. The lowest BCUT2D eigenvalue weighted by atomic mass is 10.3. The van der Waals surface area contributed by atoms with Crippen LogP contribution in [0.25, 0.3) is 10.7 Å². The molecule has 0 aliphatic rings. The van der Waals surface area contributed by atoms with Gasteiger partial charge in [0.15, 0.2) is 11.0 Å². The Morgan fingerprint density at radius 1 is 1.29 bits per heavy atom. The van der Waals surface area contributed by atoms with Crippen LogP contribution in [0.3, 0.4) is 0 Å². The molecule has 3 aromatic rings. The maximum Gasteiger partial charge on any atom is 0.230 e. The van der Waals surface area contributed by atoms with Crippen molar-refractivity contribution < 1.29 is 4.79 Å². The molecule has 0 saturated heterocycles. The molecule has 1 unspecified atom stereocenters. The Balaban J connectivity index is 1.61. The number of amides is 1. The number of hydrogen-bond donors (Lipinski definition) is 1. The first-order chi connectivity index (χ1) is 11.7. The number of aromatic nitrogens is 3. The monoisotopic (exact) mass is 378 g/mol. The summed E-state index contributed by atoms with van der Waals surface area (Å²) >= 11 is 4.71. The van der Waals surface area contributed by atoms with Crippen LogP contribution in [0.5, 0.6) is 0 Å². The molecule has 0 saturated carbocycles. The number of carbonyl (C=O) groups is 1. The topological polar surface area (TPSA) is 59.8 Å². The van der Waals surface area contributed by atoms with Gasteiger partial charge in [0.1, 0.15) is 0 Å². The zero-order valence-electron chi connectivity index (χ0n) is 13.4. The summed E-state index contributed by atoms with van der Waals surface area (Å²) in [6.07, 6.45) is 0. The van der Waals surface area contributed by atoms with E-state index in [-0.39, 0.29) is 11.9 Å². The van der Waals surface area contributed by atoms with Crippen molar-refractivity contribution in [3.63, 3.8) is 0 Å². The molecule has 0 spiro atoms. The van der Waals surface area contributed by atoms with Gasteiger partial charge in [0.2, 0.25) is 5.91 Å². The van der Waals surface area contributed by atoms with Gasteiger partial charge in [-0.2, -0.15) is 0 Å². The number of thiophene rings is 2. The lowest BCUT2D eigenvalue weighted by Crippen LogP contribution is -2.27. The van der Waals surface area contributed by atoms with E-state index in [9.17, 15) is 4.79 Å². The first kappa shape index (κ1) is 17.2. The van der Waals surface area contributed by atoms with Crippen LogP contribution in [0, 0.1) is 0 Å². The van der Waals surface area contributed by atoms with Crippen molar-refractivity contribution in [1.29, 1.82) is 0 Å². The Kier molecular flexibility index (Phi) is 5.70. The molecule has 0 aliphatic carbocycles. The molecule has 24 heavy (non-hydrogen) atoms. The molecule has 1 amide bonds. The molecule has 0 bridgehead atoms. The predicted molar refractivity (Wildman–Crippen MR) is 101 cm³/mol. The third kappa shape index (κ3) is 3.88. The molecule has 0 radical (unpaired) electrons. The van der Waals surface area contributed by atoms with Crippen molar-refractivity contribution >= 4 is 40.3 Å². The maximum absolute atomic E-state index is 12.2. The third-order valence-electron chi connectivity index (χ3n) is 3.45. The van der Waals surface area contributed by atoms with E-state index in [2.05, 4.69) is 22.4 Å². The van der Waals surface area contributed by atoms with E-state index in [1.807, 2.05) is 46.5 Å². The molecule has 1 N–H and O–H groups in total. The number of rotatable bonds is 7. The summed E-state index contributed by atoms with van der Waals surface area (Å²) in [4.78, 5) is 14.4. The highest BCUT2D eigenvalue weighted by molar-refractivity contribution is 7.99. The second kappa shape index (κ2) is 7.96. The summed E-state index contributed by atoms with van der Waals surface area (Å²) in [6, 6.07) is 8.09. The summed E-state index contributed by atoms with van der Waals surface area (Å²) in [5.74, 6) is 1.20. The average Bonchev–Trinajstić information content (AvgIpc) is 3.33. The van der Waals surface area contributed by atoms with Crippen molar-refractivity contribution in [3.8, 4) is 10.7 Å². The fourth-order valence-electron chi connectivity index (χ4n) is 2.29. The summed E-state index contributed by atoms with van der Waals surface area (Å²) in [6.45, 7) is 4.83. The first-order valence-electron chi connectivity index (χ1n) is 7.61. The third-order valence-corrected chi connectivity index (χ3v) is 6.34. The minimum Gasteiger partial charge on any atom is -0.348 e. The van der Waals surface area contributed by atoms with Crippen molar-refractivity contribution in [2.24, 2.45) is 0 Å². The number of nitrogens with zero attached hydrogens (tertiary/aromatic N) is 3. The number of thioether (sulfide) groups is 1. The van der Waals surface area contributed by atoms with Gasteiger partial charge in [-0.3, -0.25) is 4.79 Å². The Morgan fingerprint density at radius 3 is 2.75 bits per heavy atom. The van der Waals surface area contributed by atoms with Crippen LogP contribution < -0.4 is 5.32 Å². The summed E-state index contributed by atoms with van der Waals surface area (Å²) in [5, 5.41) is 16.4. The van der Waals surface area contributed by atoms with E-state index in [4.69, 9.17) is 0 Å². The van der Waals surface area contributed by atoms with Crippen LogP contribution in [-0.4, -0.2) is 26.4 Å². The van der Waals surface area contributed by atoms with E-state index >= 15 is 0 Å². The van der Waals surface area contributed by atoms with Gasteiger partial charge in [-0.1, -0.05) is 23.9 Å². The van der Waals surface area contributed by atoms with Crippen LogP contribution >= 0.6 is 34.4 Å². The quantitative estimate of drug-likeness (QED) is 0.630. The molecular formula is C16H18N4OS3. The van der Waals surface area contributed by atoms with Crippen LogP contribution in [0.4, 0.5) is 0 Å². The minimum atomic E-state index is 0.00391. The molecule has 8 heteroatoms. The van der Waals surface area contributed by atoms with Gasteiger partial charge in [-0.25, -0.2) is 0 Å². The molecule has 3 heterocycles. The smallest absolute Gasteiger partial charge is 0.230 e. The van der Waals surface area contributed by atoms with Crippen LogP contribution in [0.2, 0.25) is 0 Å². The standard InChI is InChI=1S/C16H18N4OS3/c1-3-20-15(13-7-5-9-23-13)18-19-16(20)24-10-14(21)17-11(2)12-6-4-8-22-12/h4-9,11H,3,10H2,1-2H3,(H,17,21). The summed E-state index contributed by atoms with van der Waals surface area (Å²) < 4.78 is 2.05. The average molecular weight is 379 g/mol. The Labute approximate surface area is 153 Å². The fourth-order valence-corrected chi connectivity index (χ4v) is 4.56. The number of carbonyl (C=O) groups excluding carboxylic acids is 1. The normalized spacial score (nSPS) is 12.2. The Hall–Kier alpha value is -1.64. The SMILES string of the molecule is CCn1c(SCC(=O)NC(C)c2cccs2)nnc1-c1cccs1. The maximum atomic E-state index is 12.2. The Morgan fingerprint density at radius 2 is 2.08 bits per heavy atom. The molecule has 0 aliphatic heterocycles. The second-order valence-electron chi connectivity index (χ2n) is 5.12. The molecule has 1 atom stereocenters.